The summed E-state index contributed by atoms with van der Waals surface area (Å²) in [6.45, 7) is 1.94. The number of likely N-dealkylation sites (N-methyl/N-ethyl adjacent to an activating group) is 1. The molecule has 9 nitrogen and oxygen atoms in total. The van der Waals surface area contributed by atoms with Gasteiger partial charge in [-0.25, -0.2) is 14.2 Å². The van der Waals surface area contributed by atoms with Gasteiger partial charge in [-0.05, 0) is 54.4 Å². The first-order valence-corrected chi connectivity index (χ1v) is 13.6. The molecule has 10 heteroatoms. The number of rotatable bonds is 5. The van der Waals surface area contributed by atoms with Crippen LogP contribution in [0.2, 0.25) is 0 Å². The molecule has 0 saturated heterocycles. The Bertz CT molecular complexity index is 1490. The quantitative estimate of drug-likeness (QED) is 0.514. The van der Waals surface area contributed by atoms with Gasteiger partial charge < -0.3 is 15.5 Å². The third kappa shape index (κ3) is 5.16. The highest BCUT2D eigenvalue weighted by atomic mass is 32.2. The molecule has 0 bridgehead atoms. The van der Waals surface area contributed by atoms with Gasteiger partial charge in [-0.15, -0.1) is 0 Å². The molecule has 0 radical (unpaired) electrons. The van der Waals surface area contributed by atoms with Crippen molar-refractivity contribution < 1.29 is 4.21 Å². The predicted molar refractivity (Wildman–Crippen MR) is 138 cm³/mol. The Balaban J connectivity index is 1.44. The lowest BCUT2D eigenvalue weighted by atomic mass is 9.81. The Kier molecular flexibility index (Phi) is 5.96. The molecule has 2 N–H and O–H groups in total. The van der Waals surface area contributed by atoms with Crippen molar-refractivity contribution in [3.8, 4) is 6.07 Å². The summed E-state index contributed by atoms with van der Waals surface area (Å²) in [7, 11) is -0.205. The predicted octanol–water partition coefficient (Wildman–Crippen LogP) is 4.23. The van der Waals surface area contributed by atoms with E-state index in [1.807, 2.05) is 0 Å². The van der Waals surface area contributed by atoms with Crippen molar-refractivity contribution in [3.05, 3.63) is 70.9 Å². The highest BCUT2D eigenvalue weighted by Gasteiger charge is 2.26. The van der Waals surface area contributed by atoms with E-state index in [9.17, 15) is 9.47 Å². The zero-order valence-corrected chi connectivity index (χ0v) is 20.6. The van der Waals surface area contributed by atoms with Gasteiger partial charge in [0.1, 0.15) is 17.5 Å². The first kappa shape index (κ1) is 23.0. The lowest BCUT2D eigenvalue weighted by Crippen LogP contribution is -2.31. The Morgan fingerprint density at radius 3 is 2.83 bits per heavy atom. The largest absolute Gasteiger partial charge is 0.324 e. The summed E-state index contributed by atoms with van der Waals surface area (Å²) in [5.41, 5.74) is 5.28. The molecule has 1 unspecified atom stereocenters. The van der Waals surface area contributed by atoms with Crippen LogP contribution in [0.25, 0.3) is 0 Å². The lowest BCUT2D eigenvalue weighted by Gasteiger charge is -2.34. The number of nitrogens with one attached hydrogen (secondary N) is 2. The molecule has 2 aromatic heterocycles. The van der Waals surface area contributed by atoms with Crippen LogP contribution in [0.3, 0.4) is 0 Å². The SMILES string of the molecule is CN1Cc2cc(Nc3ncc(C#N)c(Nc4cccc(N=S(C)(C)=O)n4)n3)cc3c2C(C=CC3)C1. The fourth-order valence-corrected chi connectivity index (χ4v) is 5.12. The highest BCUT2D eigenvalue weighted by molar-refractivity contribution is 7.92. The summed E-state index contributed by atoms with van der Waals surface area (Å²) in [6.07, 6.45) is 10.0. The minimum atomic E-state index is -2.35. The maximum Gasteiger partial charge on any atom is 0.229 e. The van der Waals surface area contributed by atoms with Crippen LogP contribution in [0.15, 0.2) is 53.0 Å². The number of allylic oxidation sites excluding steroid dienone is 1. The Morgan fingerprint density at radius 1 is 1.20 bits per heavy atom. The maximum atomic E-state index is 12.0. The molecule has 0 spiro atoms. The first-order valence-electron chi connectivity index (χ1n) is 11.2. The van der Waals surface area contributed by atoms with Crippen molar-refractivity contribution in [2.24, 2.45) is 4.36 Å². The summed E-state index contributed by atoms with van der Waals surface area (Å²) in [4.78, 5) is 15.6. The third-order valence-corrected chi connectivity index (χ3v) is 6.46. The van der Waals surface area contributed by atoms with Crippen LogP contribution in [-0.2, 0) is 22.7 Å². The van der Waals surface area contributed by atoms with Crippen LogP contribution < -0.4 is 10.6 Å². The molecule has 35 heavy (non-hydrogen) atoms. The van der Waals surface area contributed by atoms with Crippen molar-refractivity contribution in [1.82, 2.24) is 19.9 Å². The standard InChI is InChI=1S/C25H26N8OS/c1-33-14-17-7-4-6-16-10-20(11-18(15-33)23(16)17)28-25-27-13-19(12-26)24(31-25)30-21-8-5-9-22(29-21)32-35(2,3)34/h4-5,7-11,13,17H,6,14-15H2,1-3H3,(H2,27,28,29,30,31). The summed E-state index contributed by atoms with van der Waals surface area (Å²) < 4.78 is 16.1. The Hall–Kier alpha value is -3.81. The molecule has 1 aliphatic heterocycles. The van der Waals surface area contributed by atoms with E-state index in [0.29, 0.717) is 29.3 Å². The van der Waals surface area contributed by atoms with Gasteiger partial charge in [-0.2, -0.15) is 14.6 Å². The average molecular weight is 487 g/mol. The van der Waals surface area contributed by atoms with Gasteiger partial charge in [0.25, 0.3) is 0 Å². The molecule has 0 amide bonds. The molecule has 1 aliphatic carbocycles. The molecule has 0 saturated carbocycles. The van der Waals surface area contributed by atoms with Crippen molar-refractivity contribution in [3.63, 3.8) is 0 Å². The molecule has 178 valence electrons. The second-order valence-electron chi connectivity index (χ2n) is 9.11. The minimum absolute atomic E-state index is 0.282. The van der Waals surface area contributed by atoms with Crippen molar-refractivity contribution in [2.45, 2.75) is 18.9 Å². The van der Waals surface area contributed by atoms with E-state index < -0.39 is 9.73 Å². The number of hydrogen-bond donors (Lipinski definition) is 2. The Labute approximate surface area is 205 Å². The lowest BCUT2D eigenvalue weighted by molar-refractivity contribution is 0.296. The van der Waals surface area contributed by atoms with Gasteiger partial charge in [0.05, 0.1) is 6.20 Å². The number of nitriles is 1. The topological polar surface area (TPSA) is 119 Å². The minimum Gasteiger partial charge on any atom is -0.324 e. The third-order valence-electron chi connectivity index (χ3n) is 5.84. The van der Waals surface area contributed by atoms with E-state index >= 15 is 0 Å². The second kappa shape index (κ2) is 9.09. The molecule has 3 aromatic rings. The van der Waals surface area contributed by atoms with E-state index in [1.165, 1.54) is 22.9 Å². The number of pyridine rings is 1. The summed E-state index contributed by atoms with van der Waals surface area (Å²) in [5.74, 6) is 1.92. The van der Waals surface area contributed by atoms with E-state index in [1.54, 1.807) is 30.7 Å². The van der Waals surface area contributed by atoms with Gasteiger partial charge in [0.15, 0.2) is 11.6 Å². The van der Waals surface area contributed by atoms with Crippen LogP contribution in [-0.4, -0.2) is 50.2 Å². The van der Waals surface area contributed by atoms with Gasteiger partial charge in [0.2, 0.25) is 5.95 Å². The van der Waals surface area contributed by atoms with Gasteiger partial charge >= 0.3 is 0 Å². The number of benzene rings is 1. The van der Waals surface area contributed by atoms with Crippen LogP contribution in [0, 0.1) is 11.3 Å². The van der Waals surface area contributed by atoms with Crippen LogP contribution in [0.5, 0.6) is 0 Å². The highest BCUT2D eigenvalue weighted by Crippen LogP contribution is 2.37. The Morgan fingerprint density at radius 2 is 2.03 bits per heavy atom. The smallest absolute Gasteiger partial charge is 0.229 e. The van der Waals surface area contributed by atoms with E-state index in [0.717, 1.165) is 25.2 Å². The zero-order valence-electron chi connectivity index (χ0n) is 19.8. The zero-order chi connectivity index (χ0) is 24.6. The number of anilines is 4. The van der Waals surface area contributed by atoms with Gasteiger partial charge in [-0.3, -0.25) is 0 Å². The second-order valence-corrected chi connectivity index (χ2v) is 11.7. The van der Waals surface area contributed by atoms with Crippen LogP contribution in [0.4, 0.5) is 29.1 Å². The van der Waals surface area contributed by atoms with Crippen molar-refractivity contribution >= 4 is 38.8 Å². The summed E-state index contributed by atoms with van der Waals surface area (Å²) >= 11 is 0. The summed E-state index contributed by atoms with van der Waals surface area (Å²) in [5, 5.41) is 15.9. The number of aromatic nitrogens is 3. The van der Waals surface area contributed by atoms with Gasteiger partial charge in [-0.1, -0.05) is 18.2 Å². The monoisotopic (exact) mass is 486 g/mol. The molecule has 3 heterocycles. The van der Waals surface area contributed by atoms with Crippen molar-refractivity contribution in [2.75, 3.05) is 36.7 Å². The molecule has 2 aliphatic rings. The molecular formula is C25H26N8OS. The molecule has 1 atom stereocenters. The van der Waals surface area contributed by atoms with Crippen LogP contribution in [0.1, 0.15) is 28.2 Å². The maximum absolute atomic E-state index is 12.0. The first-order chi connectivity index (χ1) is 16.8. The van der Waals surface area contributed by atoms with Crippen LogP contribution >= 0.6 is 0 Å². The molecule has 1 aromatic carbocycles. The number of hydrogen-bond acceptors (Lipinski definition) is 9. The van der Waals surface area contributed by atoms with E-state index in [4.69, 9.17) is 0 Å². The fourth-order valence-electron chi connectivity index (χ4n) is 4.56. The fraction of sp³-hybridized carbons (Fsp3) is 0.280. The van der Waals surface area contributed by atoms with Gasteiger partial charge in [0, 0.05) is 46.9 Å². The molecular weight excluding hydrogens is 460 g/mol. The van der Waals surface area contributed by atoms with E-state index in [2.05, 4.69) is 72.2 Å². The van der Waals surface area contributed by atoms with E-state index in [-0.39, 0.29) is 5.56 Å². The average Bonchev–Trinajstić information content (AvgIpc) is 2.78. The number of nitrogens with zero attached hydrogens (tertiary/aromatic N) is 6. The normalized spacial score (nSPS) is 16.8. The van der Waals surface area contributed by atoms with Crippen molar-refractivity contribution in [1.29, 1.82) is 5.26 Å². The molecule has 5 rings (SSSR count). The summed E-state index contributed by atoms with van der Waals surface area (Å²) in [6, 6.07) is 11.6. The molecule has 0 fully saturated rings.